The molecule has 0 aromatic heterocycles. The van der Waals surface area contributed by atoms with E-state index in [0.717, 1.165) is 11.1 Å². The molecule has 2 aromatic carbocycles. The summed E-state index contributed by atoms with van der Waals surface area (Å²) in [6, 6.07) is 16.1. The molecule has 32 heavy (non-hydrogen) atoms. The van der Waals surface area contributed by atoms with Gasteiger partial charge in [-0.1, -0.05) is 55.9 Å². The molecule has 0 aliphatic carbocycles. The zero-order chi connectivity index (χ0) is 22.8. The van der Waals surface area contributed by atoms with Gasteiger partial charge >= 0.3 is 5.24 Å². The molecule has 8 heteroatoms. The molecule has 4 aliphatic heterocycles. The van der Waals surface area contributed by atoms with Crippen LogP contribution in [0.1, 0.15) is 50.2 Å². The van der Waals surface area contributed by atoms with Crippen LogP contribution in [0.15, 0.2) is 54.6 Å². The van der Waals surface area contributed by atoms with Crippen molar-refractivity contribution in [2.24, 2.45) is 11.8 Å². The number of benzene rings is 2. The second-order valence-corrected chi connectivity index (χ2v) is 10.7. The van der Waals surface area contributed by atoms with Crippen molar-refractivity contribution >= 4 is 23.4 Å². The number of carbonyl (C=O) groups excluding carboxylic acids is 1. The number of ether oxygens (including phenoxy) is 2. The normalized spacial score (nSPS) is 32.9. The van der Waals surface area contributed by atoms with Gasteiger partial charge in [-0.2, -0.15) is 0 Å². The molecule has 6 rings (SSSR count). The number of rotatable bonds is 4. The molecule has 0 N–H and O–H groups in total. The van der Waals surface area contributed by atoms with Gasteiger partial charge in [0.05, 0.1) is 27.7 Å². The predicted molar refractivity (Wildman–Crippen MR) is 121 cm³/mol. The third kappa shape index (κ3) is 3.08. The van der Waals surface area contributed by atoms with Gasteiger partial charge in [0.25, 0.3) is 5.69 Å². The van der Waals surface area contributed by atoms with Crippen molar-refractivity contribution < 1.29 is 19.2 Å². The predicted octanol–water partition coefficient (Wildman–Crippen LogP) is 5.04. The van der Waals surface area contributed by atoms with Gasteiger partial charge in [0.1, 0.15) is 6.10 Å². The van der Waals surface area contributed by atoms with Crippen LogP contribution in [-0.4, -0.2) is 32.6 Å². The summed E-state index contributed by atoms with van der Waals surface area (Å²) in [5.74, 6) is -0.272. The lowest BCUT2D eigenvalue weighted by molar-refractivity contribution is -0.384. The molecule has 4 saturated heterocycles. The van der Waals surface area contributed by atoms with E-state index in [2.05, 4.69) is 13.8 Å². The van der Waals surface area contributed by atoms with E-state index in [9.17, 15) is 14.9 Å². The zero-order valence-corrected chi connectivity index (χ0v) is 19.2. The highest BCUT2D eigenvalue weighted by atomic mass is 32.2. The van der Waals surface area contributed by atoms with E-state index in [1.54, 1.807) is 12.1 Å². The fourth-order valence-corrected chi connectivity index (χ4v) is 7.27. The number of hydrogen-bond donors (Lipinski definition) is 0. The summed E-state index contributed by atoms with van der Waals surface area (Å²) in [6.45, 7) is 8.20. The van der Waals surface area contributed by atoms with E-state index in [-0.39, 0.29) is 28.8 Å². The van der Waals surface area contributed by atoms with E-state index < -0.39 is 27.8 Å². The standard InChI is InChI=1S/C24H26N2O5S/c1-14(2)21-23(3,4)31-24-25(21)22(27)18(20(32-24)16-8-6-5-7-9-16)19(30-24)15-10-12-17(13-11-15)26(28)29/h5-14,18-21H,1-4H3/t18-,19+,20+,21-,24-/m1/s1. The lowest BCUT2D eigenvalue weighted by Gasteiger charge is -2.55. The largest absolute Gasteiger partial charge is 0.316 e. The maximum absolute atomic E-state index is 14.1. The fraction of sp³-hybridized carbons (Fsp3) is 0.458. The Hall–Kier alpha value is -2.42. The lowest BCUT2D eigenvalue weighted by atomic mass is 9.83. The Balaban J connectivity index is 1.63. The molecule has 4 fully saturated rings. The first-order valence-corrected chi connectivity index (χ1v) is 11.7. The second-order valence-electron chi connectivity index (χ2n) is 9.49. The first-order valence-electron chi connectivity index (χ1n) is 10.8. The molecule has 1 spiro atoms. The molecule has 1 amide bonds. The van der Waals surface area contributed by atoms with Gasteiger partial charge in [-0.05, 0) is 43.0 Å². The molecule has 2 bridgehead atoms. The van der Waals surface area contributed by atoms with Crippen LogP contribution in [-0.2, 0) is 14.3 Å². The molecule has 4 aliphatic rings. The molecular weight excluding hydrogens is 428 g/mol. The summed E-state index contributed by atoms with van der Waals surface area (Å²) in [6.07, 6.45) is -0.562. The minimum absolute atomic E-state index is 0.00735. The summed E-state index contributed by atoms with van der Waals surface area (Å²) in [5.41, 5.74) is 1.20. The van der Waals surface area contributed by atoms with Crippen LogP contribution in [0.4, 0.5) is 5.69 Å². The summed E-state index contributed by atoms with van der Waals surface area (Å²) in [4.78, 5) is 26.6. The number of nitro benzene ring substituents is 1. The van der Waals surface area contributed by atoms with Gasteiger partial charge in [0.15, 0.2) is 0 Å². The van der Waals surface area contributed by atoms with Crippen molar-refractivity contribution in [3.63, 3.8) is 0 Å². The van der Waals surface area contributed by atoms with Gasteiger partial charge in [0.2, 0.25) is 5.91 Å². The molecule has 0 unspecified atom stereocenters. The Morgan fingerprint density at radius 1 is 1.06 bits per heavy atom. The maximum Gasteiger partial charge on any atom is 0.309 e. The Bertz CT molecular complexity index is 1060. The smallest absolute Gasteiger partial charge is 0.309 e. The number of fused-ring (bicyclic) bond motifs is 2. The van der Waals surface area contributed by atoms with Gasteiger partial charge < -0.3 is 9.47 Å². The molecule has 168 valence electrons. The summed E-state index contributed by atoms with van der Waals surface area (Å²) in [5, 5.41) is 9.72. The van der Waals surface area contributed by atoms with Crippen LogP contribution in [0.3, 0.4) is 0 Å². The van der Waals surface area contributed by atoms with Crippen molar-refractivity contribution in [1.29, 1.82) is 0 Å². The number of nitro groups is 1. The first-order chi connectivity index (χ1) is 15.1. The van der Waals surface area contributed by atoms with Crippen LogP contribution in [0.5, 0.6) is 0 Å². The van der Waals surface area contributed by atoms with E-state index in [0.29, 0.717) is 0 Å². The van der Waals surface area contributed by atoms with Gasteiger partial charge in [-0.25, -0.2) is 0 Å². The summed E-state index contributed by atoms with van der Waals surface area (Å²) < 4.78 is 13.2. The van der Waals surface area contributed by atoms with Crippen molar-refractivity contribution in [2.75, 3.05) is 0 Å². The highest BCUT2D eigenvalue weighted by Gasteiger charge is 2.71. The third-order valence-corrected chi connectivity index (χ3v) is 8.09. The average Bonchev–Trinajstić information content (AvgIpc) is 3.00. The highest BCUT2D eigenvalue weighted by molar-refractivity contribution is 8.00. The van der Waals surface area contributed by atoms with Crippen LogP contribution in [0.25, 0.3) is 0 Å². The Morgan fingerprint density at radius 2 is 1.72 bits per heavy atom. The Labute approximate surface area is 191 Å². The molecule has 2 aromatic rings. The SMILES string of the molecule is CC(C)[C@H]1N2C(=O)[C@@H]3[C@H](c4ccc([N+](=O)[O-])cc4)O[C@]2(OC1(C)C)S[C@H]3c1ccccc1. The zero-order valence-electron chi connectivity index (χ0n) is 18.4. The van der Waals surface area contributed by atoms with Crippen molar-refractivity contribution in [2.45, 2.75) is 55.9 Å². The average molecular weight is 455 g/mol. The van der Waals surface area contributed by atoms with E-state index in [4.69, 9.17) is 9.47 Å². The molecule has 0 saturated carbocycles. The van der Waals surface area contributed by atoms with E-state index >= 15 is 0 Å². The van der Waals surface area contributed by atoms with Crippen LogP contribution < -0.4 is 0 Å². The van der Waals surface area contributed by atoms with Crippen molar-refractivity contribution in [3.05, 3.63) is 75.8 Å². The summed E-state index contributed by atoms with van der Waals surface area (Å²) >= 11 is 1.54. The van der Waals surface area contributed by atoms with Crippen molar-refractivity contribution in [1.82, 2.24) is 4.90 Å². The second kappa shape index (κ2) is 7.30. The third-order valence-electron chi connectivity index (χ3n) is 6.60. The number of non-ortho nitro benzene ring substituents is 1. The minimum atomic E-state index is -1.24. The van der Waals surface area contributed by atoms with E-state index in [1.165, 1.54) is 23.9 Å². The monoisotopic (exact) mass is 454 g/mol. The van der Waals surface area contributed by atoms with Gasteiger partial charge in [-0.15, -0.1) is 0 Å². The number of amides is 1. The van der Waals surface area contributed by atoms with E-state index in [1.807, 2.05) is 49.1 Å². The number of carbonyl (C=O) groups is 1. The quantitative estimate of drug-likeness (QED) is 0.475. The van der Waals surface area contributed by atoms with Crippen LogP contribution >= 0.6 is 11.8 Å². The number of thioether (sulfide) groups is 1. The number of nitrogens with zero attached hydrogens (tertiary/aromatic N) is 2. The van der Waals surface area contributed by atoms with Crippen LogP contribution in [0, 0.1) is 22.0 Å². The molecule has 5 atom stereocenters. The summed E-state index contributed by atoms with van der Waals surface area (Å²) in [7, 11) is 0. The van der Waals surface area contributed by atoms with Gasteiger partial charge in [-0.3, -0.25) is 19.8 Å². The van der Waals surface area contributed by atoms with Gasteiger partial charge in [0, 0.05) is 12.1 Å². The highest BCUT2D eigenvalue weighted by Crippen LogP contribution is 2.66. The Kier molecular flexibility index (Phi) is 4.89. The van der Waals surface area contributed by atoms with Crippen molar-refractivity contribution in [3.8, 4) is 0 Å². The minimum Gasteiger partial charge on any atom is -0.316 e. The fourth-order valence-electron chi connectivity index (χ4n) is 5.51. The molecule has 0 radical (unpaired) electrons. The Morgan fingerprint density at radius 3 is 2.31 bits per heavy atom. The lowest BCUT2D eigenvalue weighted by Crippen LogP contribution is -2.65. The first kappa shape index (κ1) is 21.4. The molecular formula is C24H26N2O5S. The van der Waals surface area contributed by atoms with Crippen LogP contribution in [0.2, 0.25) is 0 Å². The number of hydrogen-bond acceptors (Lipinski definition) is 6. The topological polar surface area (TPSA) is 81.9 Å². The molecule has 7 nitrogen and oxygen atoms in total. The maximum atomic E-state index is 14.1. The molecule has 4 heterocycles.